The number of methoxy groups -OCH3 is 1. The second kappa shape index (κ2) is 9.81. The lowest BCUT2D eigenvalue weighted by atomic mass is 9.86. The van der Waals surface area contributed by atoms with E-state index in [1.54, 1.807) is 45.2 Å². The first-order chi connectivity index (χ1) is 14.9. The molecule has 0 saturated heterocycles. The normalized spacial score (nSPS) is 18.3. The first-order valence-corrected chi connectivity index (χ1v) is 10.8. The zero-order valence-electron chi connectivity index (χ0n) is 18.5. The molecule has 7 nitrogen and oxygen atoms in total. The molecule has 2 N–H and O–H groups in total. The maximum absolute atomic E-state index is 13.2. The van der Waals surface area contributed by atoms with Crippen LogP contribution in [0.1, 0.15) is 66.1 Å². The fourth-order valence-electron chi connectivity index (χ4n) is 4.18. The molecule has 0 radical (unpaired) electrons. The van der Waals surface area contributed by atoms with Gasteiger partial charge in [0.05, 0.1) is 19.3 Å². The predicted molar refractivity (Wildman–Crippen MR) is 117 cm³/mol. The summed E-state index contributed by atoms with van der Waals surface area (Å²) in [6.45, 7) is 5.71. The van der Waals surface area contributed by atoms with Crippen LogP contribution in [-0.4, -0.2) is 42.4 Å². The van der Waals surface area contributed by atoms with Crippen LogP contribution in [0.3, 0.4) is 0 Å². The minimum atomic E-state index is -0.692. The van der Waals surface area contributed by atoms with E-state index in [-0.39, 0.29) is 23.9 Å². The van der Waals surface area contributed by atoms with Crippen LogP contribution >= 0.6 is 0 Å². The number of esters is 1. The molecular formula is C24H30N2O5. The van der Waals surface area contributed by atoms with Crippen molar-refractivity contribution in [3.63, 3.8) is 0 Å². The smallest absolute Gasteiger partial charge is 0.340 e. The first-order valence-electron chi connectivity index (χ1n) is 10.8. The molecule has 0 aliphatic heterocycles. The van der Waals surface area contributed by atoms with E-state index < -0.39 is 17.7 Å². The number of nitrogens with one attached hydrogen (secondary N) is 2. The number of aromatic amines is 1. The standard InChI is InChI=1S/C24H30N2O5/c1-5-31-24(29)19-15(3)25-21(20(19)16-10-12-17(30-4)13-11-16)22(27)23(28)26-18-9-7-6-8-14(18)2/h10-14,18,25H,5-9H2,1-4H3,(H,26,28)/t14-,18-/m0/s1. The number of ketones is 1. The summed E-state index contributed by atoms with van der Waals surface area (Å²) < 4.78 is 10.4. The minimum Gasteiger partial charge on any atom is -0.497 e. The van der Waals surface area contributed by atoms with Crippen LogP contribution < -0.4 is 10.1 Å². The van der Waals surface area contributed by atoms with E-state index in [0.29, 0.717) is 28.5 Å². The Morgan fingerprint density at radius 3 is 2.42 bits per heavy atom. The molecule has 1 aliphatic carbocycles. The van der Waals surface area contributed by atoms with Crippen LogP contribution in [0, 0.1) is 12.8 Å². The Kier molecular flexibility index (Phi) is 7.15. The Bertz CT molecular complexity index is 961. The first kappa shape index (κ1) is 22.6. The second-order valence-electron chi connectivity index (χ2n) is 7.99. The number of aryl methyl sites for hydroxylation is 1. The highest BCUT2D eigenvalue weighted by atomic mass is 16.5. The number of carbonyl (C=O) groups excluding carboxylic acids is 3. The number of carbonyl (C=O) groups is 3. The van der Waals surface area contributed by atoms with Crippen LogP contribution in [0.15, 0.2) is 24.3 Å². The van der Waals surface area contributed by atoms with Crippen molar-refractivity contribution >= 4 is 17.7 Å². The number of hydrogen-bond acceptors (Lipinski definition) is 5. The lowest BCUT2D eigenvalue weighted by Gasteiger charge is -2.29. The van der Waals surface area contributed by atoms with Gasteiger partial charge in [-0.1, -0.05) is 31.9 Å². The van der Waals surface area contributed by atoms with Crippen LogP contribution in [0.2, 0.25) is 0 Å². The van der Waals surface area contributed by atoms with Gasteiger partial charge >= 0.3 is 5.97 Å². The summed E-state index contributed by atoms with van der Waals surface area (Å²) in [6.07, 6.45) is 4.07. The summed E-state index contributed by atoms with van der Waals surface area (Å²) in [5, 5.41) is 2.90. The molecule has 2 aromatic rings. The lowest BCUT2D eigenvalue weighted by Crippen LogP contribution is -2.44. The van der Waals surface area contributed by atoms with E-state index in [1.807, 2.05) is 0 Å². The highest BCUT2D eigenvalue weighted by Crippen LogP contribution is 2.33. The minimum absolute atomic E-state index is 0.0183. The van der Waals surface area contributed by atoms with Gasteiger partial charge in [0.15, 0.2) is 0 Å². The van der Waals surface area contributed by atoms with Crippen molar-refractivity contribution in [1.82, 2.24) is 10.3 Å². The molecule has 31 heavy (non-hydrogen) atoms. The summed E-state index contributed by atoms with van der Waals surface area (Å²) in [7, 11) is 1.56. The molecule has 0 spiro atoms. The van der Waals surface area contributed by atoms with Crippen LogP contribution in [0.25, 0.3) is 11.1 Å². The third-order valence-electron chi connectivity index (χ3n) is 5.91. The van der Waals surface area contributed by atoms with E-state index in [4.69, 9.17) is 9.47 Å². The Morgan fingerprint density at radius 2 is 1.81 bits per heavy atom. The summed E-state index contributed by atoms with van der Waals surface area (Å²) in [5.41, 5.74) is 1.82. The summed E-state index contributed by atoms with van der Waals surface area (Å²) in [5.74, 6) is -0.924. The predicted octanol–water partition coefficient (Wildman–Crippen LogP) is 4.05. The SMILES string of the molecule is CCOC(=O)c1c(C)[nH]c(C(=O)C(=O)N[C@H]2CCCC[C@@H]2C)c1-c1ccc(OC)cc1. The Balaban J connectivity index is 2.00. The molecule has 1 saturated carbocycles. The van der Waals surface area contributed by atoms with Gasteiger partial charge in [0, 0.05) is 17.3 Å². The van der Waals surface area contributed by atoms with Crippen LogP contribution in [0.5, 0.6) is 5.75 Å². The van der Waals surface area contributed by atoms with Crippen molar-refractivity contribution in [3.8, 4) is 16.9 Å². The van der Waals surface area contributed by atoms with Crippen molar-refractivity contribution in [1.29, 1.82) is 0 Å². The highest BCUT2D eigenvalue weighted by molar-refractivity contribution is 6.44. The number of aromatic nitrogens is 1. The number of amides is 1. The number of H-pyrrole nitrogens is 1. The van der Waals surface area contributed by atoms with Gasteiger partial charge in [0.25, 0.3) is 11.7 Å². The maximum Gasteiger partial charge on any atom is 0.340 e. The molecule has 166 valence electrons. The second-order valence-corrected chi connectivity index (χ2v) is 7.99. The van der Waals surface area contributed by atoms with Crippen molar-refractivity contribution in [2.75, 3.05) is 13.7 Å². The van der Waals surface area contributed by atoms with Gasteiger partial charge in [-0.15, -0.1) is 0 Å². The van der Waals surface area contributed by atoms with Gasteiger partial charge in [-0.2, -0.15) is 0 Å². The van der Waals surface area contributed by atoms with E-state index in [9.17, 15) is 14.4 Å². The molecular weight excluding hydrogens is 396 g/mol. The average Bonchev–Trinajstić information content (AvgIpc) is 3.12. The van der Waals surface area contributed by atoms with Gasteiger partial charge < -0.3 is 19.8 Å². The fourth-order valence-corrected chi connectivity index (χ4v) is 4.18. The summed E-state index contributed by atoms with van der Waals surface area (Å²) >= 11 is 0. The number of benzene rings is 1. The maximum atomic E-state index is 13.2. The van der Waals surface area contributed by atoms with Gasteiger partial charge in [0.2, 0.25) is 0 Å². The van der Waals surface area contributed by atoms with Crippen molar-refractivity contribution in [2.24, 2.45) is 5.92 Å². The van der Waals surface area contributed by atoms with Crippen molar-refractivity contribution < 1.29 is 23.9 Å². The molecule has 1 fully saturated rings. The van der Waals surface area contributed by atoms with E-state index in [2.05, 4.69) is 17.2 Å². The van der Waals surface area contributed by atoms with Crippen LogP contribution in [0.4, 0.5) is 0 Å². The highest BCUT2D eigenvalue weighted by Gasteiger charge is 2.32. The molecule has 1 heterocycles. The number of ether oxygens (including phenoxy) is 2. The van der Waals surface area contributed by atoms with Crippen molar-refractivity contribution in [2.45, 2.75) is 52.5 Å². The molecule has 1 aromatic carbocycles. The largest absolute Gasteiger partial charge is 0.497 e. The van der Waals surface area contributed by atoms with Gasteiger partial charge in [-0.3, -0.25) is 9.59 Å². The lowest BCUT2D eigenvalue weighted by molar-refractivity contribution is -0.118. The number of Topliss-reactive ketones (excluding diaryl/α,β-unsaturated/α-hetero) is 1. The molecule has 1 aliphatic rings. The zero-order valence-corrected chi connectivity index (χ0v) is 18.5. The third-order valence-corrected chi connectivity index (χ3v) is 5.91. The topological polar surface area (TPSA) is 97.5 Å². The average molecular weight is 427 g/mol. The molecule has 1 amide bonds. The Morgan fingerprint density at radius 1 is 1.13 bits per heavy atom. The molecule has 1 aromatic heterocycles. The summed E-state index contributed by atoms with van der Waals surface area (Å²) in [6, 6.07) is 6.97. The van der Waals surface area contributed by atoms with E-state index in [0.717, 1.165) is 25.7 Å². The Hall–Kier alpha value is -3.09. The summed E-state index contributed by atoms with van der Waals surface area (Å²) in [4.78, 5) is 41.6. The molecule has 0 unspecified atom stereocenters. The third kappa shape index (κ3) is 4.81. The number of hydrogen-bond donors (Lipinski definition) is 2. The molecule has 0 bridgehead atoms. The number of rotatable bonds is 7. The van der Waals surface area contributed by atoms with Gasteiger partial charge in [-0.05, 0) is 50.3 Å². The van der Waals surface area contributed by atoms with E-state index in [1.165, 1.54) is 0 Å². The fraction of sp³-hybridized carbons (Fsp3) is 0.458. The van der Waals surface area contributed by atoms with Gasteiger partial charge in [0.1, 0.15) is 11.4 Å². The van der Waals surface area contributed by atoms with Crippen LogP contribution in [-0.2, 0) is 9.53 Å². The molecule has 7 heteroatoms. The zero-order chi connectivity index (χ0) is 22.5. The molecule has 2 atom stereocenters. The Labute approximate surface area is 182 Å². The molecule has 3 rings (SSSR count). The monoisotopic (exact) mass is 426 g/mol. The van der Waals surface area contributed by atoms with Gasteiger partial charge in [-0.25, -0.2) is 4.79 Å². The quantitative estimate of drug-likeness (QED) is 0.395. The van der Waals surface area contributed by atoms with Crippen molar-refractivity contribution in [3.05, 3.63) is 41.2 Å². The van der Waals surface area contributed by atoms with E-state index >= 15 is 0 Å².